The summed E-state index contributed by atoms with van der Waals surface area (Å²) in [5, 5.41) is 4.47. The molecule has 0 radical (unpaired) electrons. The van der Waals surface area contributed by atoms with Crippen molar-refractivity contribution < 1.29 is 19.1 Å². The first-order valence-corrected chi connectivity index (χ1v) is 18.3. The maximum Gasteiger partial charge on any atom is 0.320 e. The van der Waals surface area contributed by atoms with Gasteiger partial charge in [-0.05, 0) is 80.6 Å². The molecule has 3 aromatic rings. The SMILES string of the molecule is CCOC(=O)CN1CCN(C(=O)NC2(c3cccnc3)CCN(CCC3(c4ccc(Cl)c(Cl)c4)CCN(C(=O)c4ccccc4)C3)CC2)CC1. The van der Waals surface area contributed by atoms with E-state index in [1.165, 1.54) is 0 Å². The van der Waals surface area contributed by atoms with Crippen LogP contribution in [0.3, 0.4) is 0 Å². The van der Waals surface area contributed by atoms with E-state index < -0.39 is 5.54 Å². The van der Waals surface area contributed by atoms with E-state index in [0.29, 0.717) is 61.5 Å². The summed E-state index contributed by atoms with van der Waals surface area (Å²) in [7, 11) is 0. The summed E-state index contributed by atoms with van der Waals surface area (Å²) >= 11 is 12.9. The van der Waals surface area contributed by atoms with Crippen LogP contribution in [0, 0.1) is 0 Å². The van der Waals surface area contributed by atoms with Crippen LogP contribution < -0.4 is 5.32 Å². The molecule has 1 atom stereocenters. The number of benzene rings is 2. The van der Waals surface area contributed by atoms with E-state index in [1.54, 1.807) is 13.1 Å². The molecule has 10 nitrogen and oxygen atoms in total. The maximum absolute atomic E-state index is 13.7. The molecule has 2 aromatic carbocycles. The number of hydrogen-bond donors (Lipinski definition) is 1. The summed E-state index contributed by atoms with van der Waals surface area (Å²) in [5.74, 6) is -0.190. The van der Waals surface area contributed by atoms with E-state index in [2.05, 4.69) is 27.3 Å². The van der Waals surface area contributed by atoms with E-state index in [4.69, 9.17) is 27.9 Å². The van der Waals surface area contributed by atoms with Crippen LogP contribution in [0.1, 0.15) is 54.1 Å². The van der Waals surface area contributed by atoms with E-state index >= 15 is 0 Å². The van der Waals surface area contributed by atoms with Gasteiger partial charge in [-0.2, -0.15) is 0 Å². The lowest BCUT2D eigenvalue weighted by Crippen LogP contribution is -2.59. The molecule has 266 valence electrons. The lowest BCUT2D eigenvalue weighted by molar-refractivity contribution is -0.144. The van der Waals surface area contributed by atoms with Crippen LogP contribution in [-0.2, 0) is 20.5 Å². The Labute approximate surface area is 304 Å². The monoisotopic (exact) mass is 720 g/mol. The van der Waals surface area contributed by atoms with Crippen LogP contribution in [0.4, 0.5) is 4.79 Å². The molecule has 0 bridgehead atoms. The van der Waals surface area contributed by atoms with Crippen LogP contribution in [-0.4, -0.2) is 115 Å². The normalized spacial score (nSPS) is 21.2. The second-order valence-corrected chi connectivity index (χ2v) is 14.5. The number of nitrogens with one attached hydrogen (secondary N) is 1. The number of piperidine rings is 1. The van der Waals surface area contributed by atoms with E-state index in [0.717, 1.165) is 56.4 Å². The minimum atomic E-state index is -0.544. The van der Waals surface area contributed by atoms with E-state index in [-0.39, 0.29) is 29.9 Å². The number of aromatic nitrogens is 1. The number of nitrogens with zero attached hydrogens (tertiary/aromatic N) is 5. The van der Waals surface area contributed by atoms with Crippen molar-refractivity contribution in [2.75, 3.05) is 72.1 Å². The van der Waals surface area contributed by atoms with E-state index in [1.807, 2.05) is 69.4 Å². The largest absolute Gasteiger partial charge is 0.465 e. The summed E-state index contributed by atoms with van der Waals surface area (Å²) in [5.41, 5.74) is 2.00. The lowest BCUT2D eigenvalue weighted by Gasteiger charge is -2.45. The Morgan fingerprint density at radius 2 is 1.58 bits per heavy atom. The van der Waals surface area contributed by atoms with Gasteiger partial charge in [-0.1, -0.05) is 53.5 Å². The number of pyridine rings is 1. The number of esters is 1. The number of carbonyl (C=O) groups is 3. The molecule has 0 saturated carbocycles. The number of rotatable bonds is 10. The second-order valence-electron chi connectivity index (χ2n) is 13.7. The highest BCUT2D eigenvalue weighted by Crippen LogP contribution is 2.41. The standard InChI is InChI=1S/C38H46Cl2N6O4/c1-2-50-34(47)27-44-21-23-45(24-22-44)36(49)42-38(31-9-6-16-41-26-31)14-18-43(19-15-38)17-12-37(30-10-11-32(39)33(40)25-30)13-20-46(28-37)35(48)29-7-4-3-5-8-29/h3-11,16,25-26H,2,12-15,17-24,27-28H2,1H3,(H,42,49). The number of carbonyl (C=O) groups excluding carboxylic acids is 3. The van der Waals surface area contributed by atoms with Crippen LogP contribution >= 0.6 is 23.2 Å². The summed E-state index contributed by atoms with van der Waals surface area (Å²) < 4.78 is 5.10. The Kier molecular flexibility index (Phi) is 11.6. The highest BCUT2D eigenvalue weighted by molar-refractivity contribution is 6.42. The topological polar surface area (TPSA) is 98.3 Å². The Bertz CT molecular complexity index is 1630. The Morgan fingerprint density at radius 3 is 2.26 bits per heavy atom. The van der Waals surface area contributed by atoms with Crippen molar-refractivity contribution in [3.8, 4) is 0 Å². The number of ether oxygens (including phenoxy) is 1. The van der Waals surface area contributed by atoms with Gasteiger partial charge < -0.3 is 24.8 Å². The first kappa shape index (κ1) is 36.1. The molecule has 3 amide bonds. The molecule has 3 aliphatic heterocycles. The number of halogens is 2. The van der Waals surface area contributed by atoms with Crippen molar-refractivity contribution in [1.82, 2.24) is 29.9 Å². The average Bonchev–Trinajstić information content (AvgIpc) is 3.59. The summed E-state index contributed by atoms with van der Waals surface area (Å²) in [4.78, 5) is 51.9. The number of urea groups is 1. The fourth-order valence-electron chi connectivity index (χ4n) is 7.66. The zero-order chi connectivity index (χ0) is 35.1. The van der Waals surface area contributed by atoms with Gasteiger partial charge in [-0.15, -0.1) is 0 Å². The molecule has 1 aromatic heterocycles. The van der Waals surface area contributed by atoms with Gasteiger partial charge in [0.15, 0.2) is 0 Å². The third-order valence-electron chi connectivity index (χ3n) is 10.7. The van der Waals surface area contributed by atoms with Crippen LogP contribution in [0.15, 0.2) is 73.1 Å². The fraction of sp³-hybridized carbons (Fsp3) is 0.474. The summed E-state index contributed by atoms with van der Waals surface area (Å²) in [6, 6.07) is 19.2. The summed E-state index contributed by atoms with van der Waals surface area (Å²) in [6.45, 7) is 8.44. The average molecular weight is 722 g/mol. The van der Waals surface area contributed by atoms with Gasteiger partial charge in [0.05, 0.1) is 28.7 Å². The number of piperazine rings is 1. The lowest BCUT2D eigenvalue weighted by atomic mass is 9.76. The first-order valence-electron chi connectivity index (χ1n) is 17.6. The number of hydrogen-bond acceptors (Lipinski definition) is 7. The summed E-state index contributed by atoms with van der Waals surface area (Å²) in [6.07, 6.45) is 6.79. The van der Waals surface area contributed by atoms with Gasteiger partial charge in [0.1, 0.15) is 0 Å². The van der Waals surface area contributed by atoms with Crippen molar-refractivity contribution in [2.24, 2.45) is 0 Å². The predicted molar refractivity (Wildman–Crippen MR) is 194 cm³/mol. The molecule has 12 heteroatoms. The van der Waals surface area contributed by atoms with Crippen LogP contribution in [0.25, 0.3) is 0 Å². The molecule has 0 aliphatic carbocycles. The Hall–Kier alpha value is -3.70. The fourth-order valence-corrected chi connectivity index (χ4v) is 7.96. The van der Waals surface area contributed by atoms with Gasteiger partial charge in [-0.3, -0.25) is 19.5 Å². The third-order valence-corrected chi connectivity index (χ3v) is 11.4. The molecular formula is C38H46Cl2N6O4. The van der Waals surface area contributed by atoms with Crippen molar-refractivity contribution in [3.63, 3.8) is 0 Å². The van der Waals surface area contributed by atoms with Crippen LogP contribution in [0.5, 0.6) is 0 Å². The molecule has 0 spiro atoms. The molecule has 3 saturated heterocycles. The van der Waals surface area contributed by atoms with Gasteiger partial charge >= 0.3 is 12.0 Å². The van der Waals surface area contributed by atoms with Crippen molar-refractivity contribution >= 4 is 41.1 Å². The molecule has 50 heavy (non-hydrogen) atoms. The van der Waals surface area contributed by atoms with Gasteiger partial charge in [0, 0.05) is 75.7 Å². The molecule has 1 unspecified atom stereocenters. The minimum absolute atomic E-state index is 0.0444. The molecule has 1 N–H and O–H groups in total. The zero-order valence-electron chi connectivity index (χ0n) is 28.7. The maximum atomic E-state index is 13.7. The van der Waals surface area contributed by atoms with E-state index in [9.17, 15) is 14.4 Å². The Balaban J connectivity index is 1.12. The number of likely N-dealkylation sites (tertiary alicyclic amines) is 2. The van der Waals surface area contributed by atoms with Gasteiger partial charge in [-0.25, -0.2) is 4.79 Å². The van der Waals surface area contributed by atoms with Crippen molar-refractivity contribution in [3.05, 3.63) is 99.8 Å². The molecule has 3 aliphatic rings. The molecule has 6 rings (SSSR count). The molecule has 4 heterocycles. The van der Waals surface area contributed by atoms with Crippen molar-refractivity contribution in [1.29, 1.82) is 0 Å². The predicted octanol–water partition coefficient (Wildman–Crippen LogP) is 5.44. The van der Waals surface area contributed by atoms with Gasteiger partial charge in [0.25, 0.3) is 5.91 Å². The highest BCUT2D eigenvalue weighted by atomic mass is 35.5. The highest BCUT2D eigenvalue weighted by Gasteiger charge is 2.43. The molecule has 3 fully saturated rings. The Morgan fingerprint density at radius 1 is 0.820 bits per heavy atom. The second kappa shape index (κ2) is 16.1. The first-order chi connectivity index (χ1) is 24.2. The van der Waals surface area contributed by atoms with Crippen molar-refractivity contribution in [2.45, 2.75) is 43.6 Å². The quantitative estimate of drug-likeness (QED) is 0.279. The smallest absolute Gasteiger partial charge is 0.320 e. The number of amides is 3. The minimum Gasteiger partial charge on any atom is -0.465 e. The third kappa shape index (κ3) is 8.26. The van der Waals surface area contributed by atoms with Crippen LogP contribution in [0.2, 0.25) is 10.0 Å². The zero-order valence-corrected chi connectivity index (χ0v) is 30.2. The van der Waals surface area contributed by atoms with Gasteiger partial charge in [0.2, 0.25) is 0 Å². The molecular weight excluding hydrogens is 675 g/mol.